The number of amidine groups is 1. The molecule has 11 heteroatoms. The van der Waals surface area contributed by atoms with E-state index in [9.17, 15) is 14.4 Å². The highest BCUT2D eigenvalue weighted by atomic mass is 32.2. The molecule has 2 aromatic carbocycles. The first-order valence-corrected chi connectivity index (χ1v) is 11.6. The quantitative estimate of drug-likeness (QED) is 0.403. The Hall–Kier alpha value is -3.83. The second-order valence-corrected chi connectivity index (χ2v) is 8.07. The van der Waals surface area contributed by atoms with E-state index in [4.69, 9.17) is 14.2 Å². The van der Waals surface area contributed by atoms with Crippen LogP contribution < -0.4 is 25.0 Å². The Morgan fingerprint density at radius 3 is 2.49 bits per heavy atom. The molecule has 2 N–H and O–H groups in total. The fraction of sp³-hybridized carbons (Fsp3) is 0.250. The monoisotopic (exact) mass is 498 g/mol. The fourth-order valence-corrected chi connectivity index (χ4v) is 3.84. The molecular weight excluding hydrogens is 472 g/mol. The molecule has 1 aliphatic rings. The number of benzene rings is 2. The Labute approximate surface area is 207 Å². The molecule has 0 spiro atoms. The van der Waals surface area contributed by atoms with Crippen LogP contribution in [0.1, 0.15) is 5.56 Å². The van der Waals surface area contributed by atoms with E-state index in [-0.39, 0.29) is 23.9 Å². The first kappa shape index (κ1) is 25.8. The lowest BCUT2D eigenvalue weighted by molar-refractivity contribution is -0.117. The predicted octanol–water partition coefficient (Wildman–Crippen LogP) is 2.65. The van der Waals surface area contributed by atoms with Gasteiger partial charge in [0.25, 0.3) is 5.91 Å². The van der Waals surface area contributed by atoms with Crippen LogP contribution in [0, 0.1) is 0 Å². The van der Waals surface area contributed by atoms with E-state index in [1.807, 2.05) is 12.1 Å². The molecule has 35 heavy (non-hydrogen) atoms. The van der Waals surface area contributed by atoms with E-state index in [1.165, 1.54) is 19.1 Å². The molecule has 2 aromatic rings. The Balaban J connectivity index is 1.80. The number of thioether (sulfide) groups is 1. The lowest BCUT2D eigenvalue weighted by atomic mass is 10.2. The van der Waals surface area contributed by atoms with Crippen molar-refractivity contribution in [1.29, 1.82) is 0 Å². The number of nitrogens with zero attached hydrogens (tertiary/aromatic N) is 2. The molecule has 1 aliphatic heterocycles. The third-order valence-corrected chi connectivity index (χ3v) is 5.68. The van der Waals surface area contributed by atoms with E-state index < -0.39 is 11.9 Å². The van der Waals surface area contributed by atoms with Crippen molar-refractivity contribution < 1.29 is 28.6 Å². The number of carbonyl (C=O) groups is 3. The van der Waals surface area contributed by atoms with Gasteiger partial charge in [-0.3, -0.25) is 19.8 Å². The summed E-state index contributed by atoms with van der Waals surface area (Å²) >= 11 is 1.04. The van der Waals surface area contributed by atoms with Crippen LogP contribution in [0.25, 0.3) is 6.08 Å². The average Bonchev–Trinajstić information content (AvgIpc) is 3.18. The molecule has 0 fully saturated rings. The standard InChI is InChI=1S/C24H26N4O6S/c1-32-12-11-25-23(31)27-21(29)15-35-24-26-20(13-16-7-9-18(33-2)10-8-16)22(30)28(24)17-5-4-6-19(14-17)34-3/h4-10,13-14H,11-12,15H2,1-3H3,(H2,25,27,29,31)/b20-13-. The molecule has 0 bridgehead atoms. The summed E-state index contributed by atoms with van der Waals surface area (Å²) in [7, 11) is 4.62. The Morgan fingerprint density at radius 1 is 1.06 bits per heavy atom. The molecule has 1 heterocycles. The lowest BCUT2D eigenvalue weighted by Crippen LogP contribution is -2.42. The highest BCUT2D eigenvalue weighted by molar-refractivity contribution is 8.14. The largest absolute Gasteiger partial charge is 0.497 e. The van der Waals surface area contributed by atoms with Crippen LogP contribution in [-0.4, -0.2) is 63.2 Å². The Bertz CT molecular complexity index is 1130. The minimum atomic E-state index is -0.623. The zero-order valence-electron chi connectivity index (χ0n) is 19.6. The summed E-state index contributed by atoms with van der Waals surface area (Å²) in [4.78, 5) is 43.3. The van der Waals surface area contributed by atoms with Crippen LogP contribution in [0.15, 0.2) is 59.2 Å². The summed E-state index contributed by atoms with van der Waals surface area (Å²) in [5.41, 5.74) is 1.51. The van der Waals surface area contributed by atoms with E-state index in [0.29, 0.717) is 29.0 Å². The van der Waals surface area contributed by atoms with Crippen molar-refractivity contribution in [2.45, 2.75) is 0 Å². The van der Waals surface area contributed by atoms with Gasteiger partial charge >= 0.3 is 6.03 Å². The van der Waals surface area contributed by atoms with Crippen molar-refractivity contribution in [2.24, 2.45) is 4.99 Å². The topological polar surface area (TPSA) is 119 Å². The number of rotatable bonds is 9. The van der Waals surface area contributed by atoms with Gasteiger partial charge in [0.05, 0.1) is 32.3 Å². The number of aliphatic imine (C=N–C) groups is 1. The molecule has 3 rings (SSSR count). The molecular formula is C24H26N4O6S. The van der Waals surface area contributed by atoms with Crippen LogP contribution in [0.4, 0.5) is 10.5 Å². The first-order chi connectivity index (χ1) is 16.9. The number of carbonyl (C=O) groups excluding carboxylic acids is 3. The number of ether oxygens (including phenoxy) is 3. The molecule has 184 valence electrons. The highest BCUT2D eigenvalue weighted by Crippen LogP contribution is 2.31. The van der Waals surface area contributed by atoms with Crippen molar-refractivity contribution >= 4 is 46.5 Å². The summed E-state index contributed by atoms with van der Waals surface area (Å²) in [6, 6.07) is 13.5. The Morgan fingerprint density at radius 2 is 1.80 bits per heavy atom. The van der Waals surface area contributed by atoms with Gasteiger partial charge < -0.3 is 19.5 Å². The normalized spacial score (nSPS) is 14.0. The van der Waals surface area contributed by atoms with Gasteiger partial charge in [0.2, 0.25) is 5.91 Å². The number of amides is 4. The van der Waals surface area contributed by atoms with Gasteiger partial charge in [0, 0.05) is 19.7 Å². The molecule has 10 nitrogen and oxygen atoms in total. The maximum atomic E-state index is 13.3. The summed E-state index contributed by atoms with van der Waals surface area (Å²) in [6.07, 6.45) is 1.66. The molecule has 0 aliphatic carbocycles. The number of hydrogen-bond donors (Lipinski definition) is 2. The van der Waals surface area contributed by atoms with Crippen LogP contribution in [0.3, 0.4) is 0 Å². The van der Waals surface area contributed by atoms with Crippen LogP contribution in [0.2, 0.25) is 0 Å². The zero-order chi connectivity index (χ0) is 25.2. The van der Waals surface area contributed by atoms with E-state index in [2.05, 4.69) is 15.6 Å². The SMILES string of the molecule is COCCNC(=O)NC(=O)CSC1=N/C(=C\c2ccc(OC)cc2)C(=O)N1c1cccc(OC)c1. The van der Waals surface area contributed by atoms with Gasteiger partial charge in [-0.1, -0.05) is 30.0 Å². The fourth-order valence-electron chi connectivity index (χ4n) is 3.03. The number of methoxy groups -OCH3 is 3. The molecule has 0 saturated carbocycles. The van der Waals surface area contributed by atoms with Gasteiger partial charge in [0.15, 0.2) is 5.17 Å². The van der Waals surface area contributed by atoms with E-state index in [1.54, 1.807) is 49.6 Å². The lowest BCUT2D eigenvalue weighted by Gasteiger charge is -2.18. The maximum absolute atomic E-state index is 13.3. The van der Waals surface area contributed by atoms with Gasteiger partial charge in [0.1, 0.15) is 17.2 Å². The van der Waals surface area contributed by atoms with Gasteiger partial charge in [-0.25, -0.2) is 9.79 Å². The van der Waals surface area contributed by atoms with Gasteiger partial charge in [-0.05, 0) is 35.9 Å². The third kappa shape index (κ3) is 7.08. The van der Waals surface area contributed by atoms with Crippen molar-refractivity contribution in [3.63, 3.8) is 0 Å². The summed E-state index contributed by atoms with van der Waals surface area (Å²) < 4.78 is 15.3. The minimum Gasteiger partial charge on any atom is -0.497 e. The number of urea groups is 1. The first-order valence-electron chi connectivity index (χ1n) is 10.6. The highest BCUT2D eigenvalue weighted by Gasteiger charge is 2.32. The maximum Gasteiger partial charge on any atom is 0.321 e. The summed E-state index contributed by atoms with van der Waals surface area (Å²) in [5, 5.41) is 5.05. The van der Waals surface area contributed by atoms with Crippen LogP contribution in [-0.2, 0) is 14.3 Å². The summed E-state index contributed by atoms with van der Waals surface area (Å²) in [5.74, 6) is 0.255. The van der Waals surface area contributed by atoms with Gasteiger partial charge in [-0.15, -0.1) is 0 Å². The second kappa shape index (κ2) is 12.6. The average molecular weight is 499 g/mol. The summed E-state index contributed by atoms with van der Waals surface area (Å²) in [6.45, 7) is 0.598. The Kier molecular flexibility index (Phi) is 9.27. The van der Waals surface area contributed by atoms with Crippen LogP contribution in [0.5, 0.6) is 11.5 Å². The molecule has 0 saturated heterocycles. The molecule has 4 amide bonds. The predicted molar refractivity (Wildman–Crippen MR) is 135 cm³/mol. The minimum absolute atomic E-state index is 0.125. The van der Waals surface area contributed by atoms with E-state index in [0.717, 1.165) is 17.3 Å². The molecule has 0 unspecified atom stereocenters. The number of hydrogen-bond acceptors (Lipinski definition) is 8. The van der Waals surface area contributed by atoms with E-state index >= 15 is 0 Å². The number of nitrogens with one attached hydrogen (secondary N) is 2. The van der Waals surface area contributed by atoms with Crippen molar-refractivity contribution in [2.75, 3.05) is 45.1 Å². The molecule has 0 radical (unpaired) electrons. The third-order valence-electron chi connectivity index (χ3n) is 4.74. The molecule has 0 aromatic heterocycles. The second-order valence-electron chi connectivity index (χ2n) is 7.12. The number of imide groups is 1. The van der Waals surface area contributed by atoms with Crippen molar-refractivity contribution in [3.05, 3.63) is 59.8 Å². The van der Waals surface area contributed by atoms with Crippen molar-refractivity contribution in [1.82, 2.24) is 10.6 Å². The molecule has 0 atom stereocenters. The number of anilines is 1. The van der Waals surface area contributed by atoms with Crippen molar-refractivity contribution in [3.8, 4) is 11.5 Å². The van der Waals surface area contributed by atoms with Gasteiger partial charge in [-0.2, -0.15) is 0 Å². The van der Waals surface area contributed by atoms with Crippen LogP contribution >= 0.6 is 11.8 Å². The zero-order valence-corrected chi connectivity index (χ0v) is 20.4. The smallest absolute Gasteiger partial charge is 0.321 e.